The maximum Gasteiger partial charge on any atom is 0.337 e. The Balaban J connectivity index is 1.94. The Bertz CT molecular complexity index is 1380. The number of dihydropyridines is 1. The number of thioether (sulfide) groups is 1. The lowest BCUT2D eigenvalue weighted by molar-refractivity contribution is -0.138. The second-order valence-corrected chi connectivity index (χ2v) is 9.50. The summed E-state index contributed by atoms with van der Waals surface area (Å²) in [5, 5.41) is 16.9. The Labute approximate surface area is 236 Å². The van der Waals surface area contributed by atoms with Crippen LogP contribution in [-0.4, -0.2) is 45.6 Å². The summed E-state index contributed by atoms with van der Waals surface area (Å²) >= 11 is 7.28. The van der Waals surface area contributed by atoms with Gasteiger partial charge in [0.05, 0.1) is 66.0 Å². The van der Waals surface area contributed by atoms with Gasteiger partial charge in [-0.15, -0.1) is 0 Å². The minimum Gasteiger partial charge on any atom is -0.496 e. The first-order valence-electron chi connectivity index (χ1n) is 11.7. The zero-order valence-corrected chi connectivity index (χ0v) is 23.5. The lowest BCUT2D eigenvalue weighted by Crippen LogP contribution is -2.29. The van der Waals surface area contributed by atoms with Crippen LogP contribution in [0, 0.1) is 11.3 Å². The second-order valence-electron chi connectivity index (χ2n) is 8.10. The third-order valence-corrected chi connectivity index (χ3v) is 7.06. The zero-order chi connectivity index (χ0) is 28.5. The van der Waals surface area contributed by atoms with Crippen molar-refractivity contribution in [3.63, 3.8) is 0 Å². The highest BCUT2D eigenvalue weighted by molar-refractivity contribution is 8.03. The molecular formula is C28H28ClN3O6S. The molecule has 0 bridgehead atoms. The van der Waals surface area contributed by atoms with E-state index < -0.39 is 11.9 Å². The Morgan fingerprint density at radius 3 is 2.49 bits per heavy atom. The number of carbonyl (C=O) groups excluding carboxylic acids is 2. The summed E-state index contributed by atoms with van der Waals surface area (Å²) < 4.78 is 21.4. The summed E-state index contributed by atoms with van der Waals surface area (Å²) in [7, 11) is 4.44. The highest BCUT2D eigenvalue weighted by Crippen LogP contribution is 2.44. The normalized spacial score (nSPS) is 14.6. The number of methoxy groups -OCH3 is 3. The van der Waals surface area contributed by atoms with E-state index in [1.165, 1.54) is 27.4 Å². The molecule has 39 heavy (non-hydrogen) atoms. The number of rotatable bonds is 11. The number of hydrogen-bond donors (Lipinski definition) is 2. The van der Waals surface area contributed by atoms with Gasteiger partial charge in [-0.25, -0.2) is 4.79 Å². The third-order valence-electron chi connectivity index (χ3n) is 5.75. The van der Waals surface area contributed by atoms with Crippen LogP contribution in [0.5, 0.6) is 17.2 Å². The first-order valence-corrected chi connectivity index (χ1v) is 13.0. The van der Waals surface area contributed by atoms with Gasteiger partial charge < -0.3 is 29.6 Å². The molecule has 1 amide bonds. The van der Waals surface area contributed by atoms with E-state index in [4.69, 9.17) is 30.5 Å². The SMILES string of the molecule is C=CCOC(=O)C1=C(C)NC(SCC(=O)Nc2cc(OC)c(Cl)cc2OC)=C(C#N)C1c1ccccc1OC. The minimum atomic E-state index is -0.782. The van der Waals surface area contributed by atoms with Gasteiger partial charge in [0.25, 0.3) is 0 Å². The van der Waals surface area contributed by atoms with E-state index >= 15 is 0 Å². The van der Waals surface area contributed by atoms with Crippen LogP contribution in [0.15, 0.2) is 70.9 Å². The molecule has 11 heteroatoms. The predicted molar refractivity (Wildman–Crippen MR) is 151 cm³/mol. The zero-order valence-electron chi connectivity index (χ0n) is 21.9. The van der Waals surface area contributed by atoms with Crippen molar-refractivity contribution in [1.29, 1.82) is 5.26 Å². The van der Waals surface area contributed by atoms with E-state index in [2.05, 4.69) is 23.3 Å². The molecule has 0 saturated carbocycles. The number of anilines is 1. The fourth-order valence-corrected chi connectivity index (χ4v) is 5.13. The van der Waals surface area contributed by atoms with Gasteiger partial charge in [-0.05, 0) is 13.0 Å². The molecule has 0 aliphatic carbocycles. The molecule has 9 nitrogen and oxygen atoms in total. The van der Waals surface area contributed by atoms with Crippen LogP contribution in [0.3, 0.4) is 0 Å². The van der Waals surface area contributed by atoms with Gasteiger partial charge in [0.15, 0.2) is 0 Å². The number of allylic oxidation sites excluding steroid dienone is 2. The lowest BCUT2D eigenvalue weighted by Gasteiger charge is -2.30. The molecule has 2 N–H and O–H groups in total. The Kier molecular flexibility index (Phi) is 10.3. The number of para-hydroxylation sites is 1. The summed E-state index contributed by atoms with van der Waals surface area (Å²) in [6.45, 7) is 5.32. The van der Waals surface area contributed by atoms with Gasteiger partial charge >= 0.3 is 5.97 Å². The van der Waals surface area contributed by atoms with E-state index in [-0.39, 0.29) is 29.4 Å². The van der Waals surface area contributed by atoms with Crippen molar-refractivity contribution in [2.24, 2.45) is 0 Å². The van der Waals surface area contributed by atoms with Crippen molar-refractivity contribution in [3.8, 4) is 23.3 Å². The van der Waals surface area contributed by atoms with E-state index in [0.29, 0.717) is 44.2 Å². The van der Waals surface area contributed by atoms with Crippen LogP contribution in [0.4, 0.5) is 5.69 Å². The number of nitriles is 1. The molecule has 2 aromatic rings. The van der Waals surface area contributed by atoms with Crippen LogP contribution in [-0.2, 0) is 14.3 Å². The van der Waals surface area contributed by atoms with Crippen LogP contribution < -0.4 is 24.8 Å². The number of halogens is 1. The lowest BCUT2D eigenvalue weighted by atomic mass is 9.82. The molecule has 1 heterocycles. The van der Waals surface area contributed by atoms with Gasteiger partial charge in [-0.2, -0.15) is 5.26 Å². The minimum absolute atomic E-state index is 0.0145. The molecular weight excluding hydrogens is 542 g/mol. The molecule has 0 spiro atoms. The van der Waals surface area contributed by atoms with Gasteiger partial charge in [-0.3, -0.25) is 4.79 Å². The molecule has 0 aromatic heterocycles. The number of amides is 1. The van der Waals surface area contributed by atoms with Crippen LogP contribution in [0.25, 0.3) is 0 Å². The Hall–Kier alpha value is -4.07. The van der Waals surface area contributed by atoms with Crippen molar-refractivity contribution >= 4 is 40.9 Å². The molecule has 0 fully saturated rings. The van der Waals surface area contributed by atoms with Gasteiger partial charge in [-0.1, -0.05) is 54.2 Å². The first kappa shape index (κ1) is 29.5. The second kappa shape index (κ2) is 13.6. The molecule has 1 aliphatic heterocycles. The van der Waals surface area contributed by atoms with Crippen molar-refractivity contribution < 1.29 is 28.5 Å². The summed E-state index contributed by atoms with van der Waals surface area (Å²) in [6, 6.07) is 12.5. The molecule has 1 aliphatic rings. The van der Waals surface area contributed by atoms with E-state index in [0.717, 1.165) is 11.8 Å². The molecule has 2 aromatic carbocycles. The quantitative estimate of drug-likeness (QED) is 0.279. The highest BCUT2D eigenvalue weighted by Gasteiger charge is 2.37. The van der Waals surface area contributed by atoms with E-state index in [9.17, 15) is 14.9 Å². The van der Waals surface area contributed by atoms with E-state index in [1.54, 1.807) is 43.3 Å². The van der Waals surface area contributed by atoms with Gasteiger partial charge in [0.1, 0.15) is 23.9 Å². The van der Waals surface area contributed by atoms with E-state index in [1.807, 2.05) is 0 Å². The smallest absolute Gasteiger partial charge is 0.337 e. The predicted octanol–water partition coefficient (Wildman–Crippen LogP) is 5.16. The Morgan fingerprint density at radius 1 is 1.15 bits per heavy atom. The summed E-state index contributed by atoms with van der Waals surface area (Å²) in [5.74, 6) is -0.537. The number of nitrogens with zero attached hydrogens (tertiary/aromatic N) is 1. The third kappa shape index (κ3) is 6.69. The van der Waals surface area contributed by atoms with Gasteiger partial charge in [0, 0.05) is 23.4 Å². The monoisotopic (exact) mass is 569 g/mol. The molecule has 1 unspecified atom stereocenters. The average molecular weight is 570 g/mol. The fourth-order valence-electron chi connectivity index (χ4n) is 4.01. The van der Waals surface area contributed by atoms with Crippen molar-refractivity contribution in [2.45, 2.75) is 12.8 Å². The summed E-state index contributed by atoms with van der Waals surface area (Å²) in [4.78, 5) is 26.0. The van der Waals surface area contributed by atoms with Crippen molar-refractivity contribution in [3.05, 3.63) is 81.5 Å². The number of nitrogens with one attached hydrogen (secondary N) is 2. The number of benzene rings is 2. The van der Waals surface area contributed by atoms with Crippen molar-refractivity contribution in [2.75, 3.05) is 39.0 Å². The molecule has 0 saturated heterocycles. The number of ether oxygens (including phenoxy) is 4. The molecule has 204 valence electrons. The number of esters is 1. The number of carbonyl (C=O) groups is 2. The average Bonchev–Trinajstić information content (AvgIpc) is 2.94. The summed E-state index contributed by atoms with van der Waals surface area (Å²) in [6.07, 6.45) is 1.47. The van der Waals surface area contributed by atoms with Crippen LogP contribution in [0.2, 0.25) is 5.02 Å². The van der Waals surface area contributed by atoms with Crippen molar-refractivity contribution in [1.82, 2.24) is 5.32 Å². The molecule has 1 atom stereocenters. The molecule has 3 rings (SSSR count). The summed E-state index contributed by atoms with van der Waals surface area (Å²) in [5.41, 5.74) is 2.00. The van der Waals surface area contributed by atoms with Crippen LogP contribution >= 0.6 is 23.4 Å². The largest absolute Gasteiger partial charge is 0.496 e. The van der Waals surface area contributed by atoms with Crippen LogP contribution in [0.1, 0.15) is 18.4 Å². The van der Waals surface area contributed by atoms with Gasteiger partial charge in [0.2, 0.25) is 5.91 Å². The number of hydrogen-bond acceptors (Lipinski definition) is 9. The fraction of sp³-hybridized carbons (Fsp3) is 0.250. The standard InChI is InChI=1S/C28H28ClN3O6S/c1-6-11-38-28(34)25-16(2)31-27(18(14-30)26(25)17-9-7-8-10-21(17)35-3)39-15-24(33)32-20-13-22(36-4)19(29)12-23(20)37-5/h6-10,12-13,26,31H,1,11,15H2,2-5H3,(H,32,33). The Morgan fingerprint density at radius 2 is 1.85 bits per heavy atom. The maximum atomic E-state index is 13.1. The first-order chi connectivity index (χ1) is 18.8. The topological polar surface area (TPSA) is 119 Å². The maximum absolute atomic E-state index is 13.1. The molecule has 0 radical (unpaired) electrons. The highest BCUT2D eigenvalue weighted by atomic mass is 35.5.